The summed E-state index contributed by atoms with van der Waals surface area (Å²) in [5, 5.41) is 10.4. The summed E-state index contributed by atoms with van der Waals surface area (Å²) in [7, 11) is 0. The zero-order valence-corrected chi connectivity index (χ0v) is 16.0. The second-order valence-electron chi connectivity index (χ2n) is 7.38. The minimum absolute atomic E-state index is 0. The van der Waals surface area contributed by atoms with Gasteiger partial charge in [0.05, 0.1) is 6.61 Å². The lowest BCUT2D eigenvalue weighted by atomic mass is 9.75. The van der Waals surface area contributed by atoms with Gasteiger partial charge in [0.25, 0.3) is 0 Å². The third-order valence-corrected chi connectivity index (χ3v) is 5.97. The average Bonchev–Trinajstić information content (AvgIpc) is 2.72. The van der Waals surface area contributed by atoms with Gasteiger partial charge in [-0.15, -0.1) is 0 Å². The predicted octanol–water partition coefficient (Wildman–Crippen LogP) is -0.394. The summed E-state index contributed by atoms with van der Waals surface area (Å²) in [6.07, 6.45) is 2.09. The first-order valence-corrected chi connectivity index (χ1v) is 9.39. The number of halogens is 1. The van der Waals surface area contributed by atoms with E-state index < -0.39 is 5.41 Å². The molecule has 27 heavy (non-hydrogen) atoms. The van der Waals surface area contributed by atoms with E-state index in [9.17, 15) is 9.90 Å². The van der Waals surface area contributed by atoms with Gasteiger partial charge in [-0.3, -0.25) is 9.69 Å². The van der Waals surface area contributed by atoms with Crippen molar-refractivity contribution in [2.24, 2.45) is 5.92 Å². The second-order valence-corrected chi connectivity index (χ2v) is 7.38. The Bertz CT molecular complexity index is 705. The number of ether oxygens (including phenoxy) is 1. The van der Waals surface area contributed by atoms with Crippen molar-refractivity contribution in [2.75, 3.05) is 26.2 Å². The quantitative estimate of drug-likeness (QED) is 0.711. The Kier molecular flexibility index (Phi) is 6.20. The maximum absolute atomic E-state index is 13.4. The van der Waals surface area contributed by atoms with E-state index >= 15 is 0 Å². The lowest BCUT2D eigenvalue weighted by Gasteiger charge is -2.45. The summed E-state index contributed by atoms with van der Waals surface area (Å²) >= 11 is 0. The van der Waals surface area contributed by atoms with Gasteiger partial charge in [-0.2, -0.15) is 0 Å². The van der Waals surface area contributed by atoms with Crippen molar-refractivity contribution in [3.63, 3.8) is 0 Å². The molecule has 3 aliphatic rings. The highest BCUT2D eigenvalue weighted by Crippen LogP contribution is 2.36. The molecule has 3 saturated heterocycles. The van der Waals surface area contributed by atoms with Gasteiger partial charge >= 0.3 is 5.97 Å². The number of piperidine rings is 3. The highest BCUT2D eigenvalue weighted by atomic mass is 35.5. The van der Waals surface area contributed by atoms with Crippen LogP contribution in [0.3, 0.4) is 0 Å². The van der Waals surface area contributed by atoms with Gasteiger partial charge < -0.3 is 22.3 Å². The van der Waals surface area contributed by atoms with Crippen molar-refractivity contribution in [3.8, 4) is 0 Å². The van der Waals surface area contributed by atoms with Crippen molar-refractivity contribution in [2.45, 2.75) is 24.4 Å². The summed E-state index contributed by atoms with van der Waals surface area (Å²) < 4.78 is 6.05. The Labute approximate surface area is 166 Å². The number of esters is 1. The molecule has 3 aliphatic heterocycles. The molecule has 5 heteroatoms. The van der Waals surface area contributed by atoms with Gasteiger partial charge in [-0.25, -0.2) is 0 Å². The van der Waals surface area contributed by atoms with Gasteiger partial charge in [0, 0.05) is 6.54 Å². The first kappa shape index (κ1) is 19.9. The molecule has 0 saturated carbocycles. The van der Waals surface area contributed by atoms with Crippen LogP contribution < -0.4 is 12.4 Å². The molecule has 0 aromatic heterocycles. The third kappa shape index (κ3) is 3.62. The molecule has 1 unspecified atom stereocenters. The van der Waals surface area contributed by atoms with Gasteiger partial charge in [0.2, 0.25) is 0 Å². The molecular formula is C22H25ClNO3-. The van der Waals surface area contributed by atoms with Crippen molar-refractivity contribution in [1.29, 1.82) is 0 Å². The van der Waals surface area contributed by atoms with Crippen LogP contribution in [0.4, 0.5) is 0 Å². The van der Waals surface area contributed by atoms with E-state index in [1.165, 1.54) is 0 Å². The number of carbonyl (C=O) groups is 1. The van der Waals surface area contributed by atoms with Gasteiger partial charge in [-0.1, -0.05) is 60.7 Å². The number of nitrogens with zero attached hydrogens (tertiary/aromatic N) is 1. The minimum Gasteiger partial charge on any atom is -1.00 e. The van der Waals surface area contributed by atoms with E-state index in [4.69, 9.17) is 4.74 Å². The number of benzene rings is 2. The number of rotatable bonds is 5. The second kappa shape index (κ2) is 8.42. The summed E-state index contributed by atoms with van der Waals surface area (Å²) in [6, 6.07) is 19.0. The van der Waals surface area contributed by atoms with Crippen LogP contribution in [0.5, 0.6) is 0 Å². The van der Waals surface area contributed by atoms with E-state index in [1.807, 2.05) is 60.7 Å². The van der Waals surface area contributed by atoms with E-state index in [-0.39, 0.29) is 31.1 Å². The molecule has 2 aromatic carbocycles. The van der Waals surface area contributed by atoms with Crippen molar-refractivity contribution >= 4 is 5.97 Å². The molecule has 1 atom stereocenters. The molecule has 144 valence electrons. The molecule has 0 spiro atoms. The fourth-order valence-corrected chi connectivity index (χ4v) is 4.38. The van der Waals surface area contributed by atoms with Crippen LogP contribution in [0.1, 0.15) is 24.0 Å². The maximum atomic E-state index is 13.4. The standard InChI is InChI=1S/C22H25NO3.ClH/c24-16-22(18-7-3-1-4-8-18,19-9-5-2-6-10-19)21(25)26-20-15-23-13-11-17(20)12-14-23;/h1-10,17,20,24H,11-16H2;1H/p-1. The Balaban J connectivity index is 0.00000210. The number of hydrogen-bond donors (Lipinski definition) is 1. The minimum atomic E-state index is -1.19. The topological polar surface area (TPSA) is 49.8 Å². The molecule has 0 amide bonds. The largest absolute Gasteiger partial charge is 1.00 e. The third-order valence-electron chi connectivity index (χ3n) is 5.97. The zero-order chi connectivity index (χ0) is 18.0. The van der Waals surface area contributed by atoms with E-state index in [1.54, 1.807) is 0 Å². The fraction of sp³-hybridized carbons (Fsp3) is 0.409. The lowest BCUT2D eigenvalue weighted by Crippen LogP contribution is -3.00. The molecular weight excluding hydrogens is 362 g/mol. The van der Waals surface area contributed by atoms with Gasteiger partial charge in [0.15, 0.2) is 0 Å². The van der Waals surface area contributed by atoms with Crippen molar-refractivity contribution < 1.29 is 27.0 Å². The summed E-state index contributed by atoms with van der Waals surface area (Å²) in [4.78, 5) is 15.8. The summed E-state index contributed by atoms with van der Waals surface area (Å²) in [5.41, 5.74) is 0.342. The van der Waals surface area contributed by atoms with Gasteiger partial charge in [-0.05, 0) is 43.0 Å². The first-order valence-electron chi connectivity index (χ1n) is 9.39. The van der Waals surface area contributed by atoms with E-state index in [0.717, 1.165) is 43.6 Å². The van der Waals surface area contributed by atoms with Crippen molar-refractivity contribution in [1.82, 2.24) is 4.90 Å². The Hall–Kier alpha value is -1.88. The Morgan fingerprint density at radius 1 is 1.00 bits per heavy atom. The average molecular weight is 387 g/mol. The molecule has 4 nitrogen and oxygen atoms in total. The highest BCUT2D eigenvalue weighted by molar-refractivity contribution is 5.88. The van der Waals surface area contributed by atoms with Crippen LogP contribution >= 0.6 is 0 Å². The smallest absolute Gasteiger partial charge is 0.323 e. The molecule has 5 rings (SSSR count). The number of aliphatic hydroxyl groups excluding tert-OH is 1. The van der Waals surface area contributed by atoms with Gasteiger partial charge in [0.1, 0.15) is 11.5 Å². The maximum Gasteiger partial charge on any atom is 0.323 e. The number of hydrogen-bond acceptors (Lipinski definition) is 4. The number of fused-ring (bicyclic) bond motifs is 3. The molecule has 2 aromatic rings. The molecule has 1 N–H and O–H groups in total. The summed E-state index contributed by atoms with van der Waals surface area (Å²) in [5.74, 6) is 0.0861. The van der Waals surface area contributed by atoms with Crippen LogP contribution in [0, 0.1) is 5.92 Å². The van der Waals surface area contributed by atoms with E-state index in [0.29, 0.717) is 5.92 Å². The Morgan fingerprint density at radius 3 is 1.93 bits per heavy atom. The monoisotopic (exact) mass is 386 g/mol. The number of aliphatic hydroxyl groups is 1. The van der Waals surface area contributed by atoms with Crippen LogP contribution in [0.15, 0.2) is 60.7 Å². The van der Waals surface area contributed by atoms with Crippen LogP contribution in [0.2, 0.25) is 0 Å². The fourth-order valence-electron chi connectivity index (χ4n) is 4.38. The highest BCUT2D eigenvalue weighted by Gasteiger charge is 2.46. The summed E-state index contributed by atoms with van der Waals surface area (Å²) in [6.45, 7) is 2.69. The van der Waals surface area contributed by atoms with E-state index in [2.05, 4.69) is 4.90 Å². The SMILES string of the molecule is O=C(OC1CN2CCC1CC2)C(CO)(c1ccccc1)c1ccccc1.[Cl-]. The lowest BCUT2D eigenvalue weighted by molar-refractivity contribution is -0.165. The first-order chi connectivity index (χ1) is 12.7. The predicted molar refractivity (Wildman–Crippen MR) is 99.8 cm³/mol. The molecule has 3 fully saturated rings. The normalized spacial score (nSPS) is 24.1. The van der Waals surface area contributed by atoms with Crippen LogP contribution in [-0.2, 0) is 14.9 Å². The van der Waals surface area contributed by atoms with Crippen LogP contribution in [-0.4, -0.2) is 48.3 Å². The molecule has 0 radical (unpaired) electrons. The molecule has 2 bridgehead atoms. The Morgan fingerprint density at radius 2 is 1.52 bits per heavy atom. The zero-order valence-electron chi connectivity index (χ0n) is 15.3. The molecule has 0 aliphatic carbocycles. The van der Waals surface area contributed by atoms with Crippen molar-refractivity contribution in [3.05, 3.63) is 71.8 Å². The number of carbonyl (C=O) groups excluding carboxylic acids is 1. The molecule has 3 heterocycles. The van der Waals surface area contributed by atoms with Crippen LogP contribution in [0.25, 0.3) is 0 Å².